The van der Waals surface area contributed by atoms with Crippen molar-refractivity contribution in [2.45, 2.75) is 38.8 Å². The van der Waals surface area contributed by atoms with E-state index in [1.165, 1.54) is 28.3 Å². The Labute approximate surface area is 127 Å². The van der Waals surface area contributed by atoms with Gasteiger partial charge < -0.3 is 10.2 Å². The van der Waals surface area contributed by atoms with Gasteiger partial charge in [-0.3, -0.25) is 0 Å². The summed E-state index contributed by atoms with van der Waals surface area (Å²) in [6.45, 7) is 2.97. The van der Waals surface area contributed by atoms with Crippen molar-refractivity contribution in [3.05, 3.63) is 26.7 Å². The first kappa shape index (κ1) is 14.0. The fourth-order valence-corrected chi connectivity index (χ4v) is 4.65. The Hall–Kier alpha value is -0.980. The maximum atomic E-state index is 4.85. The van der Waals surface area contributed by atoms with Crippen molar-refractivity contribution in [3.8, 4) is 0 Å². The fraction of sp³-hybridized carbons (Fsp3) is 0.571. The van der Waals surface area contributed by atoms with E-state index in [1.54, 1.807) is 11.3 Å². The number of anilines is 1. The van der Waals surface area contributed by atoms with Crippen LogP contribution in [0.15, 0.2) is 5.51 Å². The first-order chi connectivity index (χ1) is 9.69. The SMILES string of the molecule is CNC1CCCc2nc(N(C)Cc3scnc3C)sc21. The zero-order valence-electron chi connectivity index (χ0n) is 12.1. The topological polar surface area (TPSA) is 41.1 Å². The smallest absolute Gasteiger partial charge is 0.185 e. The van der Waals surface area contributed by atoms with Crippen LogP contribution in [0, 0.1) is 6.92 Å². The standard InChI is InChI=1S/C14H20N4S2/c1-9-12(19-8-16-9)7-18(3)14-17-11-6-4-5-10(15-2)13(11)20-14/h8,10,15H,4-7H2,1-3H3. The largest absolute Gasteiger partial charge is 0.346 e. The van der Waals surface area contributed by atoms with Gasteiger partial charge in [-0.05, 0) is 33.2 Å². The molecule has 0 bridgehead atoms. The summed E-state index contributed by atoms with van der Waals surface area (Å²) in [6, 6.07) is 0.489. The van der Waals surface area contributed by atoms with Gasteiger partial charge in [0.1, 0.15) is 0 Å². The predicted molar refractivity (Wildman–Crippen MR) is 85.8 cm³/mol. The molecule has 0 spiro atoms. The third kappa shape index (κ3) is 2.60. The number of nitrogens with zero attached hydrogens (tertiary/aromatic N) is 3. The summed E-state index contributed by atoms with van der Waals surface area (Å²) in [4.78, 5) is 14.2. The minimum Gasteiger partial charge on any atom is -0.346 e. The lowest BCUT2D eigenvalue weighted by Crippen LogP contribution is -2.19. The minimum absolute atomic E-state index is 0.489. The van der Waals surface area contributed by atoms with E-state index in [2.05, 4.69) is 29.2 Å². The molecule has 1 N–H and O–H groups in total. The molecule has 2 aromatic heterocycles. The molecular weight excluding hydrogens is 288 g/mol. The first-order valence-corrected chi connectivity index (χ1v) is 8.65. The van der Waals surface area contributed by atoms with E-state index in [4.69, 9.17) is 4.98 Å². The number of rotatable bonds is 4. The normalized spacial score (nSPS) is 18.1. The van der Waals surface area contributed by atoms with Crippen LogP contribution in [0.4, 0.5) is 5.13 Å². The highest BCUT2D eigenvalue weighted by molar-refractivity contribution is 7.15. The van der Waals surface area contributed by atoms with Gasteiger partial charge >= 0.3 is 0 Å². The lowest BCUT2D eigenvalue weighted by Gasteiger charge is -2.19. The van der Waals surface area contributed by atoms with Gasteiger partial charge in [0.2, 0.25) is 0 Å². The van der Waals surface area contributed by atoms with Gasteiger partial charge in [0.25, 0.3) is 0 Å². The van der Waals surface area contributed by atoms with Crippen LogP contribution >= 0.6 is 22.7 Å². The number of aryl methyl sites for hydroxylation is 2. The first-order valence-electron chi connectivity index (χ1n) is 6.96. The molecule has 0 amide bonds. The second-order valence-electron chi connectivity index (χ2n) is 5.26. The molecule has 0 saturated heterocycles. The minimum atomic E-state index is 0.489. The summed E-state index contributed by atoms with van der Waals surface area (Å²) >= 11 is 3.56. The number of hydrogen-bond acceptors (Lipinski definition) is 6. The van der Waals surface area contributed by atoms with Crippen LogP contribution in [0.1, 0.15) is 40.0 Å². The second-order valence-corrected chi connectivity index (χ2v) is 7.21. The van der Waals surface area contributed by atoms with Gasteiger partial charge in [0.15, 0.2) is 5.13 Å². The van der Waals surface area contributed by atoms with Crippen molar-refractivity contribution in [3.63, 3.8) is 0 Å². The van der Waals surface area contributed by atoms with Crippen molar-refractivity contribution in [2.75, 3.05) is 19.0 Å². The van der Waals surface area contributed by atoms with Crippen molar-refractivity contribution >= 4 is 27.8 Å². The lowest BCUT2D eigenvalue weighted by molar-refractivity contribution is 0.501. The Balaban J connectivity index is 1.80. The monoisotopic (exact) mass is 308 g/mol. The number of thiazole rings is 2. The van der Waals surface area contributed by atoms with Gasteiger partial charge in [-0.1, -0.05) is 11.3 Å². The summed E-state index contributed by atoms with van der Waals surface area (Å²) in [5.41, 5.74) is 4.35. The molecule has 0 radical (unpaired) electrons. The van der Waals surface area contributed by atoms with E-state index in [-0.39, 0.29) is 0 Å². The maximum absolute atomic E-state index is 4.85. The summed E-state index contributed by atoms with van der Waals surface area (Å²) in [5, 5.41) is 4.54. The van der Waals surface area contributed by atoms with Crippen LogP contribution in [0.3, 0.4) is 0 Å². The molecule has 1 aliphatic rings. The highest BCUT2D eigenvalue weighted by Gasteiger charge is 2.24. The molecule has 1 unspecified atom stereocenters. The average molecular weight is 308 g/mol. The van der Waals surface area contributed by atoms with Crippen LogP contribution < -0.4 is 10.2 Å². The van der Waals surface area contributed by atoms with Crippen LogP contribution in [-0.4, -0.2) is 24.1 Å². The quantitative estimate of drug-likeness (QED) is 0.942. The van der Waals surface area contributed by atoms with Gasteiger partial charge in [0.05, 0.1) is 23.4 Å². The summed E-state index contributed by atoms with van der Waals surface area (Å²) in [5.74, 6) is 0. The van der Waals surface area contributed by atoms with Crippen molar-refractivity contribution in [2.24, 2.45) is 0 Å². The van der Waals surface area contributed by atoms with Crippen LogP contribution in [0.2, 0.25) is 0 Å². The van der Waals surface area contributed by atoms with E-state index < -0.39 is 0 Å². The summed E-state index contributed by atoms with van der Waals surface area (Å²) < 4.78 is 0. The van der Waals surface area contributed by atoms with Gasteiger partial charge in [-0.25, -0.2) is 9.97 Å². The Morgan fingerprint density at radius 1 is 1.50 bits per heavy atom. The third-order valence-electron chi connectivity index (χ3n) is 3.84. The average Bonchev–Trinajstić information content (AvgIpc) is 3.05. The molecule has 0 fully saturated rings. The van der Waals surface area contributed by atoms with E-state index in [1.807, 2.05) is 23.9 Å². The molecule has 0 aromatic carbocycles. The molecular formula is C14H20N4S2. The summed E-state index contributed by atoms with van der Waals surface area (Å²) in [6.07, 6.45) is 3.58. The zero-order chi connectivity index (χ0) is 14.1. The van der Waals surface area contributed by atoms with E-state index in [9.17, 15) is 0 Å². The Morgan fingerprint density at radius 2 is 2.35 bits per heavy atom. The highest BCUT2D eigenvalue weighted by Crippen LogP contribution is 2.37. The van der Waals surface area contributed by atoms with E-state index in [0.29, 0.717) is 6.04 Å². The van der Waals surface area contributed by atoms with Crippen molar-refractivity contribution < 1.29 is 0 Å². The molecule has 1 aliphatic carbocycles. The van der Waals surface area contributed by atoms with Crippen LogP contribution in [-0.2, 0) is 13.0 Å². The number of aromatic nitrogens is 2. The molecule has 20 heavy (non-hydrogen) atoms. The lowest BCUT2D eigenvalue weighted by atomic mass is 9.98. The Morgan fingerprint density at radius 3 is 3.05 bits per heavy atom. The van der Waals surface area contributed by atoms with Crippen molar-refractivity contribution in [1.82, 2.24) is 15.3 Å². The van der Waals surface area contributed by atoms with Gasteiger partial charge in [-0.15, -0.1) is 11.3 Å². The third-order valence-corrected chi connectivity index (χ3v) is 6.09. The molecule has 2 aromatic rings. The number of fused-ring (bicyclic) bond motifs is 1. The summed E-state index contributed by atoms with van der Waals surface area (Å²) in [7, 11) is 4.17. The molecule has 2 heterocycles. The molecule has 108 valence electrons. The predicted octanol–water partition coefficient (Wildman–Crippen LogP) is 3.14. The number of nitrogens with one attached hydrogen (secondary N) is 1. The molecule has 4 nitrogen and oxygen atoms in total. The fourth-order valence-electron chi connectivity index (χ4n) is 2.61. The van der Waals surface area contributed by atoms with E-state index >= 15 is 0 Å². The van der Waals surface area contributed by atoms with Gasteiger partial charge in [0, 0.05) is 22.8 Å². The number of hydrogen-bond donors (Lipinski definition) is 1. The van der Waals surface area contributed by atoms with Crippen LogP contribution in [0.25, 0.3) is 0 Å². The molecule has 0 aliphatic heterocycles. The molecule has 6 heteroatoms. The van der Waals surface area contributed by atoms with Crippen molar-refractivity contribution in [1.29, 1.82) is 0 Å². The zero-order valence-corrected chi connectivity index (χ0v) is 13.8. The maximum Gasteiger partial charge on any atom is 0.185 e. The van der Waals surface area contributed by atoms with Gasteiger partial charge in [-0.2, -0.15) is 0 Å². The Bertz CT molecular complexity index is 590. The molecule has 1 atom stereocenters. The van der Waals surface area contributed by atoms with E-state index in [0.717, 1.165) is 23.8 Å². The second kappa shape index (κ2) is 5.79. The molecule has 3 rings (SSSR count). The molecule has 0 saturated carbocycles. The van der Waals surface area contributed by atoms with Crippen LogP contribution in [0.5, 0.6) is 0 Å². The Kier molecular flexibility index (Phi) is 4.05. The highest BCUT2D eigenvalue weighted by atomic mass is 32.1.